The number of amides is 1. The molecule has 31 heavy (non-hydrogen) atoms. The van der Waals surface area contributed by atoms with Crippen LogP contribution in [-0.2, 0) is 11.3 Å². The van der Waals surface area contributed by atoms with Crippen LogP contribution in [0.25, 0.3) is 0 Å². The van der Waals surface area contributed by atoms with Crippen molar-refractivity contribution in [3.05, 3.63) is 53.6 Å². The number of rotatable bonds is 12. The quantitative estimate of drug-likeness (QED) is 0.561. The Bertz CT molecular complexity index is 873. The summed E-state index contributed by atoms with van der Waals surface area (Å²) < 4.78 is 17.0. The fourth-order valence-electron chi connectivity index (χ4n) is 2.96. The number of carbonyl (C=O) groups excluding carboxylic acids is 1. The maximum Gasteiger partial charge on any atom is 0.261 e. The Kier molecular flexibility index (Phi) is 9.66. The van der Waals surface area contributed by atoms with Gasteiger partial charge in [-0.3, -0.25) is 4.79 Å². The molecule has 0 saturated heterocycles. The van der Waals surface area contributed by atoms with Gasteiger partial charge in [0.2, 0.25) is 0 Å². The first kappa shape index (κ1) is 24.0. The van der Waals surface area contributed by atoms with Crippen molar-refractivity contribution in [2.24, 2.45) is 0 Å². The first-order chi connectivity index (χ1) is 15.0. The predicted molar refractivity (Wildman–Crippen MR) is 119 cm³/mol. The number of benzene rings is 2. The van der Waals surface area contributed by atoms with Crippen LogP contribution in [0.5, 0.6) is 17.2 Å². The van der Waals surface area contributed by atoms with Crippen LogP contribution in [0, 0.1) is 11.3 Å². The maximum absolute atomic E-state index is 12.4. The van der Waals surface area contributed by atoms with Crippen molar-refractivity contribution in [1.82, 2.24) is 10.2 Å². The molecule has 166 valence electrons. The van der Waals surface area contributed by atoms with E-state index in [0.717, 1.165) is 25.2 Å². The van der Waals surface area contributed by atoms with Gasteiger partial charge in [-0.25, -0.2) is 0 Å². The molecule has 1 amide bonds. The summed E-state index contributed by atoms with van der Waals surface area (Å²) in [6.45, 7) is 9.69. The molecule has 0 bridgehead atoms. The van der Waals surface area contributed by atoms with E-state index in [2.05, 4.69) is 24.1 Å². The van der Waals surface area contributed by atoms with Crippen LogP contribution < -0.4 is 19.5 Å². The summed E-state index contributed by atoms with van der Waals surface area (Å²) in [5.41, 5.74) is 1.44. The molecule has 0 radical (unpaired) electrons. The number of hydrogen-bond donors (Lipinski definition) is 1. The van der Waals surface area contributed by atoms with Crippen molar-refractivity contribution in [1.29, 1.82) is 5.26 Å². The van der Waals surface area contributed by atoms with Crippen molar-refractivity contribution in [2.75, 3.05) is 33.4 Å². The van der Waals surface area contributed by atoms with Crippen LogP contribution >= 0.6 is 0 Å². The van der Waals surface area contributed by atoms with Gasteiger partial charge in [-0.15, -0.1) is 0 Å². The molecule has 0 saturated carbocycles. The molecule has 2 aromatic carbocycles. The lowest BCUT2D eigenvalue weighted by atomic mass is 10.2. The van der Waals surface area contributed by atoms with E-state index in [4.69, 9.17) is 19.5 Å². The second-order valence-corrected chi connectivity index (χ2v) is 6.97. The normalized spacial score (nSPS) is 11.5. The average Bonchev–Trinajstić information content (AvgIpc) is 2.81. The third-order valence-corrected chi connectivity index (χ3v) is 4.92. The van der Waals surface area contributed by atoms with Gasteiger partial charge in [-0.1, -0.05) is 19.9 Å². The number of hydrogen-bond acceptors (Lipinski definition) is 6. The van der Waals surface area contributed by atoms with Gasteiger partial charge in [0.25, 0.3) is 5.91 Å². The standard InChI is InChI=1S/C24H31N3O4/c1-5-27(6-2)13-14-30-22-12-9-20(15-23(22)29-4)17-26-24(28)18(3)31-21-10-7-19(16-25)8-11-21/h7-12,15,18H,5-6,13-14,17H2,1-4H3,(H,26,28). The van der Waals surface area contributed by atoms with E-state index >= 15 is 0 Å². The van der Waals surface area contributed by atoms with E-state index in [-0.39, 0.29) is 5.91 Å². The van der Waals surface area contributed by atoms with Crippen molar-refractivity contribution in [3.8, 4) is 23.3 Å². The summed E-state index contributed by atoms with van der Waals surface area (Å²) in [6, 6.07) is 14.3. The molecule has 1 atom stereocenters. The second-order valence-electron chi connectivity index (χ2n) is 6.97. The van der Waals surface area contributed by atoms with Gasteiger partial charge in [0.1, 0.15) is 12.4 Å². The highest BCUT2D eigenvalue weighted by molar-refractivity contribution is 5.80. The van der Waals surface area contributed by atoms with Crippen LogP contribution in [0.1, 0.15) is 31.9 Å². The molecule has 0 aliphatic rings. The minimum absolute atomic E-state index is 0.233. The van der Waals surface area contributed by atoms with E-state index in [9.17, 15) is 4.79 Å². The van der Waals surface area contributed by atoms with Crippen molar-refractivity contribution < 1.29 is 19.0 Å². The molecule has 0 heterocycles. The van der Waals surface area contributed by atoms with Gasteiger partial charge in [-0.2, -0.15) is 5.26 Å². The smallest absolute Gasteiger partial charge is 0.261 e. The zero-order chi connectivity index (χ0) is 22.6. The SMILES string of the molecule is CCN(CC)CCOc1ccc(CNC(=O)C(C)Oc2ccc(C#N)cc2)cc1OC. The van der Waals surface area contributed by atoms with E-state index < -0.39 is 6.10 Å². The van der Waals surface area contributed by atoms with E-state index in [1.165, 1.54) is 0 Å². The monoisotopic (exact) mass is 425 g/mol. The number of nitrogens with zero attached hydrogens (tertiary/aromatic N) is 2. The second kappa shape index (κ2) is 12.5. The molecule has 7 heteroatoms. The van der Waals surface area contributed by atoms with E-state index in [1.54, 1.807) is 38.3 Å². The fourth-order valence-corrected chi connectivity index (χ4v) is 2.96. The highest BCUT2D eigenvalue weighted by atomic mass is 16.5. The lowest BCUT2D eigenvalue weighted by Gasteiger charge is -2.19. The van der Waals surface area contributed by atoms with Crippen LogP contribution in [-0.4, -0.2) is 50.3 Å². The average molecular weight is 426 g/mol. The molecular formula is C24H31N3O4. The maximum atomic E-state index is 12.4. The van der Waals surface area contributed by atoms with E-state index in [0.29, 0.717) is 36.0 Å². The molecule has 2 rings (SSSR count). The number of carbonyl (C=O) groups is 1. The summed E-state index contributed by atoms with van der Waals surface area (Å²) >= 11 is 0. The Morgan fingerprint density at radius 3 is 2.45 bits per heavy atom. The number of nitrogens with one attached hydrogen (secondary N) is 1. The molecule has 2 aromatic rings. The summed E-state index contributed by atoms with van der Waals surface area (Å²) in [7, 11) is 1.60. The molecule has 0 spiro atoms. The molecule has 0 aromatic heterocycles. The van der Waals surface area contributed by atoms with Crippen LogP contribution in [0.4, 0.5) is 0 Å². The summed E-state index contributed by atoms with van der Waals surface area (Å²) in [6.07, 6.45) is -0.669. The van der Waals surface area contributed by atoms with Gasteiger partial charge in [0.15, 0.2) is 17.6 Å². The molecule has 0 aliphatic carbocycles. The highest BCUT2D eigenvalue weighted by Gasteiger charge is 2.15. The minimum Gasteiger partial charge on any atom is -0.493 e. The highest BCUT2D eigenvalue weighted by Crippen LogP contribution is 2.28. The molecule has 7 nitrogen and oxygen atoms in total. The Hall–Kier alpha value is -3.24. The Morgan fingerprint density at radius 2 is 1.84 bits per heavy atom. The number of likely N-dealkylation sites (N-methyl/N-ethyl adjacent to an activating group) is 1. The summed E-state index contributed by atoms with van der Waals surface area (Å²) in [5, 5.41) is 11.7. The van der Waals surface area contributed by atoms with E-state index in [1.807, 2.05) is 24.3 Å². The van der Waals surface area contributed by atoms with Crippen LogP contribution in [0.3, 0.4) is 0 Å². The number of ether oxygens (including phenoxy) is 3. The van der Waals surface area contributed by atoms with Crippen molar-refractivity contribution in [2.45, 2.75) is 33.4 Å². The zero-order valence-electron chi connectivity index (χ0n) is 18.7. The van der Waals surface area contributed by atoms with Gasteiger partial charge in [-0.05, 0) is 62.0 Å². The van der Waals surface area contributed by atoms with Gasteiger partial charge >= 0.3 is 0 Å². The molecular weight excluding hydrogens is 394 g/mol. The van der Waals surface area contributed by atoms with Crippen LogP contribution in [0.2, 0.25) is 0 Å². The lowest BCUT2D eigenvalue weighted by molar-refractivity contribution is -0.127. The van der Waals surface area contributed by atoms with Gasteiger partial charge in [0, 0.05) is 13.1 Å². The lowest BCUT2D eigenvalue weighted by Crippen LogP contribution is -2.35. The summed E-state index contributed by atoms with van der Waals surface area (Å²) in [4.78, 5) is 14.7. The third kappa shape index (κ3) is 7.50. The largest absolute Gasteiger partial charge is 0.493 e. The molecule has 1 N–H and O–H groups in total. The van der Waals surface area contributed by atoms with Gasteiger partial charge < -0.3 is 24.4 Å². The first-order valence-electron chi connectivity index (χ1n) is 10.5. The number of nitriles is 1. The summed E-state index contributed by atoms with van der Waals surface area (Å²) in [5.74, 6) is 1.62. The first-order valence-corrected chi connectivity index (χ1v) is 10.5. The molecule has 0 fully saturated rings. The molecule has 1 unspecified atom stereocenters. The Labute approximate surface area is 184 Å². The predicted octanol–water partition coefficient (Wildman–Crippen LogP) is 3.37. The van der Waals surface area contributed by atoms with Crippen molar-refractivity contribution in [3.63, 3.8) is 0 Å². The minimum atomic E-state index is -0.669. The zero-order valence-corrected chi connectivity index (χ0v) is 18.7. The Morgan fingerprint density at radius 1 is 1.13 bits per heavy atom. The van der Waals surface area contributed by atoms with Crippen LogP contribution in [0.15, 0.2) is 42.5 Å². The third-order valence-electron chi connectivity index (χ3n) is 4.92. The fraction of sp³-hybridized carbons (Fsp3) is 0.417. The Balaban J connectivity index is 1.87. The van der Waals surface area contributed by atoms with Gasteiger partial charge in [0.05, 0.1) is 18.7 Å². The van der Waals surface area contributed by atoms with Crippen molar-refractivity contribution >= 4 is 5.91 Å². The topological polar surface area (TPSA) is 83.8 Å². The number of methoxy groups -OCH3 is 1. The molecule has 0 aliphatic heterocycles.